The van der Waals surface area contributed by atoms with Crippen LogP contribution < -0.4 is 5.32 Å². The molecule has 1 aromatic carbocycles. The Labute approximate surface area is 124 Å². The van der Waals surface area contributed by atoms with Crippen molar-refractivity contribution in [3.63, 3.8) is 0 Å². The molecule has 0 radical (unpaired) electrons. The van der Waals surface area contributed by atoms with Crippen LogP contribution in [0.25, 0.3) is 0 Å². The number of anilines is 1. The second kappa shape index (κ2) is 6.06. The number of carbonyl (C=O) groups is 1. The van der Waals surface area contributed by atoms with Gasteiger partial charge in [0.15, 0.2) is 0 Å². The zero-order chi connectivity index (χ0) is 14.7. The van der Waals surface area contributed by atoms with E-state index >= 15 is 0 Å². The maximum Gasteiger partial charge on any atom is 0.255 e. The van der Waals surface area contributed by atoms with E-state index in [9.17, 15) is 4.79 Å². The molecule has 1 heterocycles. The van der Waals surface area contributed by atoms with Crippen LogP contribution in [0.1, 0.15) is 41.4 Å². The molecule has 0 unspecified atom stereocenters. The molecule has 2 aromatic rings. The lowest BCUT2D eigenvalue weighted by atomic mass is 10.0. The van der Waals surface area contributed by atoms with E-state index in [1.54, 1.807) is 12.1 Å². The minimum absolute atomic E-state index is 0.146. The Morgan fingerprint density at radius 3 is 2.35 bits per heavy atom. The molecule has 0 aliphatic rings. The largest absolute Gasteiger partial charge is 0.320 e. The second-order valence-electron chi connectivity index (χ2n) is 5.00. The molecule has 0 fully saturated rings. The normalized spacial score (nSPS) is 10.7. The number of nitrogens with zero attached hydrogens (tertiary/aromatic N) is 1. The number of hydrogen-bond acceptors (Lipinski definition) is 2. The van der Waals surface area contributed by atoms with E-state index in [1.807, 2.05) is 31.2 Å². The number of rotatable bonds is 3. The van der Waals surface area contributed by atoms with E-state index < -0.39 is 0 Å². The lowest BCUT2D eigenvalue weighted by Crippen LogP contribution is -2.13. The summed E-state index contributed by atoms with van der Waals surface area (Å²) in [5.74, 6) is 0.308. The first-order valence-corrected chi connectivity index (χ1v) is 6.89. The first kappa shape index (κ1) is 14.5. The summed E-state index contributed by atoms with van der Waals surface area (Å²) in [5, 5.41) is 3.26. The number of amides is 1. The molecule has 0 saturated carbocycles. The molecule has 20 heavy (non-hydrogen) atoms. The number of aryl methyl sites for hydroxylation is 1. The average molecular weight is 289 g/mol. The van der Waals surface area contributed by atoms with Gasteiger partial charge in [0, 0.05) is 5.56 Å². The molecule has 1 amide bonds. The van der Waals surface area contributed by atoms with Gasteiger partial charge in [-0.25, -0.2) is 4.98 Å². The van der Waals surface area contributed by atoms with Gasteiger partial charge < -0.3 is 5.32 Å². The molecule has 0 spiro atoms. The fourth-order valence-electron chi connectivity index (χ4n) is 1.88. The van der Waals surface area contributed by atoms with Crippen LogP contribution in [0.5, 0.6) is 0 Å². The molecular formula is C16H17ClN2O. The van der Waals surface area contributed by atoms with Crippen LogP contribution in [0, 0.1) is 6.92 Å². The SMILES string of the molecule is Cc1nc(Cl)ccc1NC(=O)c1ccc(C(C)C)cc1. The van der Waals surface area contributed by atoms with Gasteiger partial charge in [0.05, 0.1) is 11.4 Å². The third-order valence-electron chi connectivity index (χ3n) is 3.14. The number of pyridine rings is 1. The number of carbonyl (C=O) groups excluding carboxylic acids is 1. The summed E-state index contributed by atoms with van der Waals surface area (Å²) in [7, 11) is 0. The molecular weight excluding hydrogens is 272 g/mol. The Kier molecular flexibility index (Phi) is 4.40. The number of benzene rings is 1. The monoisotopic (exact) mass is 288 g/mol. The van der Waals surface area contributed by atoms with Gasteiger partial charge in [0.25, 0.3) is 5.91 Å². The van der Waals surface area contributed by atoms with Crippen LogP contribution in [0.15, 0.2) is 36.4 Å². The van der Waals surface area contributed by atoms with Gasteiger partial charge >= 0.3 is 0 Å². The third-order valence-corrected chi connectivity index (χ3v) is 3.35. The quantitative estimate of drug-likeness (QED) is 0.850. The van der Waals surface area contributed by atoms with Crippen molar-refractivity contribution in [2.45, 2.75) is 26.7 Å². The highest BCUT2D eigenvalue weighted by molar-refractivity contribution is 6.29. The van der Waals surface area contributed by atoms with E-state index in [0.29, 0.717) is 28.0 Å². The minimum Gasteiger partial charge on any atom is -0.320 e. The fraction of sp³-hybridized carbons (Fsp3) is 0.250. The Balaban J connectivity index is 2.15. The van der Waals surface area contributed by atoms with Crippen LogP contribution in [-0.4, -0.2) is 10.9 Å². The fourth-order valence-corrected chi connectivity index (χ4v) is 2.07. The zero-order valence-corrected chi connectivity index (χ0v) is 12.5. The van der Waals surface area contributed by atoms with Crippen molar-refractivity contribution in [1.29, 1.82) is 0 Å². The lowest BCUT2D eigenvalue weighted by Gasteiger charge is -2.09. The van der Waals surface area contributed by atoms with E-state index in [1.165, 1.54) is 5.56 Å². The van der Waals surface area contributed by atoms with Crippen LogP contribution in [0.4, 0.5) is 5.69 Å². The Morgan fingerprint density at radius 1 is 1.15 bits per heavy atom. The van der Waals surface area contributed by atoms with Gasteiger partial charge in [-0.3, -0.25) is 4.79 Å². The number of hydrogen-bond donors (Lipinski definition) is 1. The van der Waals surface area contributed by atoms with Crippen LogP contribution >= 0.6 is 11.6 Å². The molecule has 0 atom stereocenters. The highest BCUT2D eigenvalue weighted by atomic mass is 35.5. The minimum atomic E-state index is -0.146. The Hall–Kier alpha value is -1.87. The summed E-state index contributed by atoms with van der Waals surface area (Å²) in [5.41, 5.74) is 3.21. The van der Waals surface area contributed by atoms with Gasteiger partial charge in [0.2, 0.25) is 0 Å². The molecule has 3 nitrogen and oxygen atoms in total. The van der Waals surface area contributed by atoms with Crippen molar-refractivity contribution in [3.8, 4) is 0 Å². The zero-order valence-electron chi connectivity index (χ0n) is 11.8. The summed E-state index contributed by atoms with van der Waals surface area (Å²) in [4.78, 5) is 16.3. The molecule has 2 rings (SSSR count). The second-order valence-corrected chi connectivity index (χ2v) is 5.39. The van der Waals surface area contributed by atoms with E-state index in [4.69, 9.17) is 11.6 Å². The smallest absolute Gasteiger partial charge is 0.255 e. The van der Waals surface area contributed by atoms with E-state index in [2.05, 4.69) is 24.1 Å². The summed E-state index contributed by atoms with van der Waals surface area (Å²) in [6, 6.07) is 11.0. The van der Waals surface area contributed by atoms with Gasteiger partial charge in [-0.2, -0.15) is 0 Å². The van der Waals surface area contributed by atoms with Crippen molar-refractivity contribution < 1.29 is 4.79 Å². The number of nitrogens with one attached hydrogen (secondary N) is 1. The molecule has 0 aliphatic carbocycles. The molecule has 4 heteroatoms. The van der Waals surface area contributed by atoms with Crippen molar-refractivity contribution in [1.82, 2.24) is 4.98 Å². The predicted molar refractivity (Wildman–Crippen MR) is 82.5 cm³/mol. The highest BCUT2D eigenvalue weighted by Crippen LogP contribution is 2.18. The van der Waals surface area contributed by atoms with Crippen LogP contribution in [-0.2, 0) is 0 Å². The van der Waals surface area contributed by atoms with Crippen molar-refractivity contribution in [3.05, 3.63) is 58.4 Å². The van der Waals surface area contributed by atoms with Crippen molar-refractivity contribution >= 4 is 23.2 Å². The summed E-state index contributed by atoms with van der Waals surface area (Å²) < 4.78 is 0. The maximum absolute atomic E-state index is 12.2. The van der Waals surface area contributed by atoms with Crippen LogP contribution in [0.3, 0.4) is 0 Å². The maximum atomic E-state index is 12.2. The molecule has 1 aromatic heterocycles. The topological polar surface area (TPSA) is 42.0 Å². The van der Waals surface area contributed by atoms with Gasteiger partial charge in [-0.15, -0.1) is 0 Å². The highest BCUT2D eigenvalue weighted by Gasteiger charge is 2.09. The molecule has 104 valence electrons. The Morgan fingerprint density at radius 2 is 1.80 bits per heavy atom. The van der Waals surface area contributed by atoms with Gasteiger partial charge in [-0.05, 0) is 42.7 Å². The van der Waals surface area contributed by atoms with Crippen LogP contribution in [0.2, 0.25) is 5.15 Å². The molecule has 0 bridgehead atoms. The standard InChI is InChI=1S/C16H17ClN2O/c1-10(2)12-4-6-13(7-5-12)16(20)19-14-8-9-15(17)18-11(14)3/h4-10H,1-3H3,(H,19,20). The van der Waals surface area contributed by atoms with Gasteiger partial charge in [0.1, 0.15) is 5.15 Å². The first-order chi connectivity index (χ1) is 9.47. The van der Waals surface area contributed by atoms with E-state index in [-0.39, 0.29) is 5.91 Å². The summed E-state index contributed by atoms with van der Waals surface area (Å²) >= 11 is 5.79. The molecule has 1 N–H and O–H groups in total. The molecule has 0 aliphatic heterocycles. The van der Waals surface area contributed by atoms with Crippen molar-refractivity contribution in [2.75, 3.05) is 5.32 Å². The predicted octanol–water partition coefficient (Wildman–Crippen LogP) is 4.42. The van der Waals surface area contributed by atoms with Gasteiger partial charge in [-0.1, -0.05) is 37.6 Å². The Bertz CT molecular complexity index is 621. The lowest BCUT2D eigenvalue weighted by molar-refractivity contribution is 0.102. The molecule has 0 saturated heterocycles. The number of aromatic nitrogens is 1. The first-order valence-electron chi connectivity index (χ1n) is 6.52. The number of halogens is 1. The summed E-state index contributed by atoms with van der Waals surface area (Å²) in [6.45, 7) is 6.05. The average Bonchev–Trinajstić information content (AvgIpc) is 2.42. The summed E-state index contributed by atoms with van der Waals surface area (Å²) in [6.07, 6.45) is 0. The third kappa shape index (κ3) is 3.36. The van der Waals surface area contributed by atoms with Crippen molar-refractivity contribution in [2.24, 2.45) is 0 Å². The van der Waals surface area contributed by atoms with E-state index in [0.717, 1.165) is 0 Å².